The van der Waals surface area contributed by atoms with E-state index in [0.29, 0.717) is 19.2 Å². The zero-order valence-corrected chi connectivity index (χ0v) is 12.1. The van der Waals surface area contributed by atoms with Crippen LogP contribution in [0.2, 0.25) is 0 Å². The first-order valence-corrected chi connectivity index (χ1v) is 6.93. The van der Waals surface area contributed by atoms with Gasteiger partial charge in [0.25, 0.3) is 0 Å². The topological polar surface area (TPSA) is 51.4 Å². The zero-order chi connectivity index (χ0) is 15.6. The van der Waals surface area contributed by atoms with Crippen LogP contribution < -0.4 is 5.73 Å². The van der Waals surface area contributed by atoms with Crippen molar-refractivity contribution < 1.29 is 17.9 Å². The van der Waals surface area contributed by atoms with Crippen LogP contribution >= 0.6 is 0 Å². The van der Waals surface area contributed by atoms with Gasteiger partial charge in [0, 0.05) is 37.1 Å². The van der Waals surface area contributed by atoms with Crippen molar-refractivity contribution in [3.8, 4) is 0 Å². The van der Waals surface area contributed by atoms with Gasteiger partial charge in [-0.2, -0.15) is 13.2 Å². The number of ether oxygens (including phenoxy) is 1. The number of morpholine rings is 1. The minimum absolute atomic E-state index is 0.0133. The molecule has 7 heteroatoms. The SMILES string of the molecule is CC(C)N1CCOC(C(N)c2cnccc2C(F)(F)F)C1. The summed E-state index contributed by atoms with van der Waals surface area (Å²) in [6.07, 6.45) is -2.60. The lowest BCUT2D eigenvalue weighted by Gasteiger charge is -2.38. The average molecular weight is 303 g/mol. The second-order valence-corrected chi connectivity index (χ2v) is 5.48. The molecule has 0 aromatic carbocycles. The van der Waals surface area contributed by atoms with Gasteiger partial charge in [-0.05, 0) is 19.9 Å². The van der Waals surface area contributed by atoms with Crippen LogP contribution in [0.4, 0.5) is 13.2 Å². The summed E-state index contributed by atoms with van der Waals surface area (Å²) in [6, 6.07) is 0.412. The Hall–Kier alpha value is -1.18. The monoisotopic (exact) mass is 303 g/mol. The Bertz CT molecular complexity index is 479. The normalized spacial score (nSPS) is 22.5. The van der Waals surface area contributed by atoms with E-state index in [1.807, 2.05) is 13.8 Å². The maximum atomic E-state index is 13.0. The van der Waals surface area contributed by atoms with Crippen LogP contribution in [0.15, 0.2) is 18.5 Å². The third-order valence-electron chi connectivity index (χ3n) is 3.77. The van der Waals surface area contributed by atoms with Crippen molar-refractivity contribution in [1.29, 1.82) is 0 Å². The highest BCUT2D eigenvalue weighted by atomic mass is 19.4. The van der Waals surface area contributed by atoms with Crippen LogP contribution in [0.1, 0.15) is 31.0 Å². The summed E-state index contributed by atoms with van der Waals surface area (Å²) < 4.78 is 44.7. The van der Waals surface area contributed by atoms with E-state index in [9.17, 15) is 13.2 Å². The molecule has 2 N–H and O–H groups in total. The van der Waals surface area contributed by atoms with E-state index in [1.165, 1.54) is 6.20 Å². The van der Waals surface area contributed by atoms with E-state index >= 15 is 0 Å². The molecule has 1 aromatic rings. The molecule has 1 fully saturated rings. The minimum atomic E-state index is -4.44. The van der Waals surface area contributed by atoms with Crippen LogP contribution in [0, 0.1) is 0 Å². The van der Waals surface area contributed by atoms with Crippen LogP contribution in [-0.4, -0.2) is 41.7 Å². The second-order valence-electron chi connectivity index (χ2n) is 5.48. The molecular weight excluding hydrogens is 283 g/mol. The molecule has 4 nitrogen and oxygen atoms in total. The molecule has 2 atom stereocenters. The third kappa shape index (κ3) is 3.72. The molecule has 21 heavy (non-hydrogen) atoms. The quantitative estimate of drug-likeness (QED) is 0.930. The molecule has 1 aliphatic heterocycles. The van der Waals surface area contributed by atoms with Crippen molar-refractivity contribution in [2.45, 2.75) is 38.2 Å². The van der Waals surface area contributed by atoms with E-state index in [1.54, 1.807) is 0 Å². The number of pyridine rings is 1. The lowest BCUT2D eigenvalue weighted by Crippen LogP contribution is -2.49. The summed E-state index contributed by atoms with van der Waals surface area (Å²) in [4.78, 5) is 5.93. The molecule has 0 radical (unpaired) electrons. The molecular formula is C14H20F3N3O. The molecule has 1 saturated heterocycles. The van der Waals surface area contributed by atoms with Gasteiger partial charge >= 0.3 is 6.18 Å². The Morgan fingerprint density at radius 1 is 1.43 bits per heavy atom. The number of hydrogen-bond acceptors (Lipinski definition) is 4. The van der Waals surface area contributed by atoms with Gasteiger partial charge in [-0.15, -0.1) is 0 Å². The highest BCUT2D eigenvalue weighted by Crippen LogP contribution is 2.35. The number of halogens is 3. The van der Waals surface area contributed by atoms with Gasteiger partial charge in [-0.1, -0.05) is 0 Å². The van der Waals surface area contributed by atoms with Gasteiger partial charge in [-0.3, -0.25) is 9.88 Å². The number of hydrogen-bond donors (Lipinski definition) is 1. The van der Waals surface area contributed by atoms with E-state index in [4.69, 9.17) is 10.5 Å². The van der Waals surface area contributed by atoms with Crippen molar-refractivity contribution in [2.24, 2.45) is 5.73 Å². The van der Waals surface area contributed by atoms with Gasteiger partial charge in [0.2, 0.25) is 0 Å². The van der Waals surface area contributed by atoms with Crippen LogP contribution in [0.25, 0.3) is 0 Å². The lowest BCUT2D eigenvalue weighted by molar-refractivity contribution is -0.139. The predicted octanol–water partition coefficient (Wildman–Crippen LogP) is 2.21. The van der Waals surface area contributed by atoms with Gasteiger partial charge in [-0.25, -0.2) is 0 Å². The number of nitrogens with two attached hydrogens (primary N) is 1. The number of rotatable bonds is 3. The molecule has 2 rings (SSSR count). The number of aromatic nitrogens is 1. The Morgan fingerprint density at radius 3 is 2.76 bits per heavy atom. The fourth-order valence-electron chi connectivity index (χ4n) is 2.51. The first-order chi connectivity index (χ1) is 9.80. The largest absolute Gasteiger partial charge is 0.416 e. The number of nitrogens with zero attached hydrogens (tertiary/aromatic N) is 2. The highest BCUT2D eigenvalue weighted by molar-refractivity contribution is 5.30. The lowest BCUT2D eigenvalue weighted by atomic mass is 9.97. The molecule has 2 heterocycles. The third-order valence-corrected chi connectivity index (χ3v) is 3.77. The fourth-order valence-corrected chi connectivity index (χ4v) is 2.51. The number of alkyl halides is 3. The van der Waals surface area contributed by atoms with Gasteiger partial charge in [0.05, 0.1) is 24.3 Å². The molecule has 0 amide bonds. The molecule has 0 saturated carbocycles. The zero-order valence-electron chi connectivity index (χ0n) is 12.1. The van der Waals surface area contributed by atoms with Crippen molar-refractivity contribution in [3.63, 3.8) is 0 Å². The predicted molar refractivity (Wildman–Crippen MR) is 72.6 cm³/mol. The van der Waals surface area contributed by atoms with E-state index in [-0.39, 0.29) is 5.56 Å². The maximum Gasteiger partial charge on any atom is 0.416 e. The summed E-state index contributed by atoms with van der Waals surface area (Å²) in [7, 11) is 0. The molecule has 2 unspecified atom stereocenters. The molecule has 1 aliphatic rings. The molecule has 0 aliphatic carbocycles. The Balaban J connectivity index is 2.22. The van der Waals surface area contributed by atoms with Crippen molar-refractivity contribution in [2.75, 3.05) is 19.7 Å². The smallest absolute Gasteiger partial charge is 0.374 e. The molecule has 1 aromatic heterocycles. The van der Waals surface area contributed by atoms with Gasteiger partial charge in [0.1, 0.15) is 0 Å². The van der Waals surface area contributed by atoms with Crippen LogP contribution in [0.3, 0.4) is 0 Å². The summed E-state index contributed by atoms with van der Waals surface area (Å²) in [5, 5.41) is 0. The van der Waals surface area contributed by atoms with Crippen molar-refractivity contribution in [1.82, 2.24) is 9.88 Å². The summed E-state index contributed by atoms with van der Waals surface area (Å²) >= 11 is 0. The van der Waals surface area contributed by atoms with Crippen molar-refractivity contribution >= 4 is 0 Å². The van der Waals surface area contributed by atoms with E-state index < -0.39 is 23.9 Å². The molecule has 0 spiro atoms. The summed E-state index contributed by atoms with van der Waals surface area (Å²) in [5.74, 6) is 0. The van der Waals surface area contributed by atoms with Crippen molar-refractivity contribution in [3.05, 3.63) is 29.6 Å². The Kier molecular flexibility index (Phi) is 4.85. The first-order valence-electron chi connectivity index (χ1n) is 6.93. The molecule has 118 valence electrons. The Labute approximate surface area is 122 Å². The first kappa shape index (κ1) is 16.2. The highest BCUT2D eigenvalue weighted by Gasteiger charge is 2.37. The average Bonchev–Trinajstić information content (AvgIpc) is 2.45. The van der Waals surface area contributed by atoms with Gasteiger partial charge < -0.3 is 10.5 Å². The minimum Gasteiger partial charge on any atom is -0.374 e. The summed E-state index contributed by atoms with van der Waals surface area (Å²) in [5.41, 5.74) is 5.28. The Morgan fingerprint density at radius 2 is 2.14 bits per heavy atom. The van der Waals surface area contributed by atoms with Crippen LogP contribution in [-0.2, 0) is 10.9 Å². The fraction of sp³-hybridized carbons (Fsp3) is 0.643. The van der Waals surface area contributed by atoms with E-state index in [2.05, 4.69) is 9.88 Å². The molecule has 0 bridgehead atoms. The van der Waals surface area contributed by atoms with E-state index in [0.717, 1.165) is 18.8 Å². The summed E-state index contributed by atoms with van der Waals surface area (Å²) in [6.45, 7) is 5.83. The second kappa shape index (κ2) is 6.29. The van der Waals surface area contributed by atoms with Crippen LogP contribution in [0.5, 0.6) is 0 Å². The van der Waals surface area contributed by atoms with Gasteiger partial charge in [0.15, 0.2) is 0 Å². The standard InChI is InChI=1S/C14H20F3N3O/c1-9(2)20-5-6-21-12(8-20)13(18)10-7-19-4-3-11(10)14(15,16)17/h3-4,7,9,12-13H,5-6,8,18H2,1-2H3. The maximum absolute atomic E-state index is 13.0.